The summed E-state index contributed by atoms with van der Waals surface area (Å²) in [7, 11) is 0. The minimum absolute atomic E-state index is 0.00973. The fraction of sp³-hybridized carbons (Fsp3) is 0.286. The first-order valence-electron chi connectivity index (χ1n) is 8.74. The molecule has 1 N–H and O–H groups in total. The zero-order chi connectivity index (χ0) is 17.1. The van der Waals surface area contributed by atoms with Crippen molar-refractivity contribution in [2.75, 3.05) is 13.1 Å². The number of benzene rings is 2. The molecule has 3 aromatic rings. The second-order valence-corrected chi connectivity index (χ2v) is 6.54. The van der Waals surface area contributed by atoms with Crippen LogP contribution in [0.2, 0.25) is 0 Å². The lowest BCUT2D eigenvalue weighted by Crippen LogP contribution is -2.24. The quantitative estimate of drug-likeness (QED) is 0.777. The number of hydrogen-bond donors (Lipinski definition) is 1. The fourth-order valence-electron chi connectivity index (χ4n) is 3.46. The van der Waals surface area contributed by atoms with E-state index >= 15 is 0 Å². The number of aliphatic hydroxyl groups excluding tert-OH is 1. The number of rotatable bonds is 5. The predicted molar refractivity (Wildman–Crippen MR) is 98.4 cm³/mol. The summed E-state index contributed by atoms with van der Waals surface area (Å²) >= 11 is 0. The van der Waals surface area contributed by atoms with E-state index in [4.69, 9.17) is 4.74 Å². The molecule has 0 aliphatic carbocycles. The van der Waals surface area contributed by atoms with Crippen molar-refractivity contribution in [3.63, 3.8) is 0 Å². The molecule has 1 aliphatic heterocycles. The van der Waals surface area contributed by atoms with Crippen LogP contribution in [-0.2, 0) is 13.2 Å². The van der Waals surface area contributed by atoms with Gasteiger partial charge >= 0.3 is 0 Å². The largest absolute Gasteiger partial charge is 0.473 e. The maximum atomic E-state index is 9.64. The normalized spacial score (nSPS) is 17.9. The van der Waals surface area contributed by atoms with Gasteiger partial charge in [-0.15, -0.1) is 0 Å². The molecule has 1 fully saturated rings. The molecule has 4 heteroatoms. The molecule has 1 saturated heterocycles. The van der Waals surface area contributed by atoms with Crippen molar-refractivity contribution in [3.8, 4) is 5.88 Å². The number of pyridine rings is 1. The van der Waals surface area contributed by atoms with Crippen molar-refractivity contribution < 1.29 is 9.84 Å². The molecule has 2 aromatic carbocycles. The fourth-order valence-corrected chi connectivity index (χ4v) is 3.46. The van der Waals surface area contributed by atoms with E-state index in [1.165, 1.54) is 5.56 Å². The minimum atomic E-state index is -0.00973. The summed E-state index contributed by atoms with van der Waals surface area (Å²) in [5.41, 5.74) is 3.05. The van der Waals surface area contributed by atoms with Gasteiger partial charge in [0.1, 0.15) is 6.10 Å². The number of aliphatic hydroxyl groups is 1. The van der Waals surface area contributed by atoms with Gasteiger partial charge in [0.05, 0.1) is 12.1 Å². The van der Waals surface area contributed by atoms with Gasteiger partial charge < -0.3 is 9.84 Å². The summed E-state index contributed by atoms with van der Waals surface area (Å²) in [4.78, 5) is 7.02. The SMILES string of the molecule is OCc1cc(OC2CCN(Cc3ccccc3)C2)nc2ccccc12. The number of likely N-dealkylation sites (tertiary alicyclic amines) is 1. The summed E-state index contributed by atoms with van der Waals surface area (Å²) in [6.45, 7) is 2.87. The Morgan fingerprint density at radius 1 is 1.08 bits per heavy atom. The van der Waals surface area contributed by atoms with Crippen molar-refractivity contribution in [3.05, 3.63) is 71.8 Å². The van der Waals surface area contributed by atoms with Gasteiger partial charge in [-0.2, -0.15) is 0 Å². The van der Waals surface area contributed by atoms with E-state index in [2.05, 4.69) is 34.1 Å². The maximum absolute atomic E-state index is 9.64. The molecule has 4 nitrogen and oxygen atoms in total. The zero-order valence-corrected chi connectivity index (χ0v) is 14.1. The first-order valence-corrected chi connectivity index (χ1v) is 8.74. The topological polar surface area (TPSA) is 45.6 Å². The summed E-state index contributed by atoms with van der Waals surface area (Å²) < 4.78 is 6.13. The van der Waals surface area contributed by atoms with Crippen LogP contribution in [0.1, 0.15) is 17.5 Å². The Bertz CT molecular complexity index is 851. The number of nitrogens with zero attached hydrogens (tertiary/aromatic N) is 2. The number of ether oxygens (including phenoxy) is 1. The molecule has 0 amide bonds. The van der Waals surface area contributed by atoms with Gasteiger partial charge in [-0.25, -0.2) is 4.98 Å². The highest BCUT2D eigenvalue weighted by Crippen LogP contribution is 2.24. The van der Waals surface area contributed by atoms with Crippen LogP contribution in [0, 0.1) is 0 Å². The van der Waals surface area contributed by atoms with Gasteiger partial charge in [-0.3, -0.25) is 4.90 Å². The van der Waals surface area contributed by atoms with Gasteiger partial charge in [-0.1, -0.05) is 48.5 Å². The van der Waals surface area contributed by atoms with Crippen molar-refractivity contribution in [1.29, 1.82) is 0 Å². The monoisotopic (exact) mass is 334 g/mol. The molecule has 0 radical (unpaired) electrons. The molecule has 0 spiro atoms. The van der Waals surface area contributed by atoms with Crippen LogP contribution in [0.5, 0.6) is 5.88 Å². The third kappa shape index (κ3) is 3.65. The molecular weight excluding hydrogens is 312 g/mol. The van der Waals surface area contributed by atoms with Crippen LogP contribution >= 0.6 is 0 Å². The minimum Gasteiger partial charge on any atom is -0.473 e. The van der Waals surface area contributed by atoms with Crippen molar-refractivity contribution in [2.45, 2.75) is 25.7 Å². The highest BCUT2D eigenvalue weighted by Gasteiger charge is 2.24. The highest BCUT2D eigenvalue weighted by molar-refractivity contribution is 5.82. The van der Waals surface area contributed by atoms with E-state index in [0.717, 1.165) is 42.5 Å². The average molecular weight is 334 g/mol. The van der Waals surface area contributed by atoms with E-state index in [1.54, 1.807) is 0 Å². The Hall–Kier alpha value is -2.43. The predicted octanol–water partition coefficient (Wildman–Crippen LogP) is 3.38. The molecule has 128 valence electrons. The lowest BCUT2D eigenvalue weighted by Gasteiger charge is -2.17. The van der Waals surface area contributed by atoms with E-state index in [0.29, 0.717) is 5.88 Å². The summed E-state index contributed by atoms with van der Waals surface area (Å²) in [5.74, 6) is 0.606. The Morgan fingerprint density at radius 3 is 2.72 bits per heavy atom. The summed E-state index contributed by atoms with van der Waals surface area (Å²) in [6.07, 6.45) is 1.14. The zero-order valence-electron chi connectivity index (χ0n) is 14.1. The van der Waals surface area contributed by atoms with E-state index in [9.17, 15) is 5.11 Å². The third-order valence-corrected chi connectivity index (χ3v) is 4.71. The van der Waals surface area contributed by atoms with Gasteiger partial charge in [0.25, 0.3) is 0 Å². The molecule has 1 unspecified atom stereocenters. The molecule has 1 aliphatic rings. The Morgan fingerprint density at radius 2 is 1.88 bits per heavy atom. The maximum Gasteiger partial charge on any atom is 0.214 e. The van der Waals surface area contributed by atoms with Crippen LogP contribution in [0.25, 0.3) is 10.9 Å². The summed E-state index contributed by atoms with van der Waals surface area (Å²) in [5, 5.41) is 10.6. The summed E-state index contributed by atoms with van der Waals surface area (Å²) in [6, 6.07) is 20.2. The average Bonchev–Trinajstić information content (AvgIpc) is 3.08. The number of fused-ring (bicyclic) bond motifs is 1. The number of hydrogen-bond acceptors (Lipinski definition) is 4. The van der Waals surface area contributed by atoms with Gasteiger partial charge in [0.2, 0.25) is 5.88 Å². The smallest absolute Gasteiger partial charge is 0.214 e. The van der Waals surface area contributed by atoms with Crippen LogP contribution in [-0.4, -0.2) is 34.2 Å². The number of aromatic nitrogens is 1. The molecule has 4 rings (SSSR count). The standard InChI is InChI=1S/C21H22N2O2/c24-15-17-12-21(22-20-9-5-4-8-19(17)20)25-18-10-11-23(14-18)13-16-6-2-1-3-7-16/h1-9,12,18,24H,10-11,13-15H2. The van der Waals surface area contributed by atoms with Gasteiger partial charge in [0, 0.05) is 31.1 Å². The van der Waals surface area contributed by atoms with Crippen molar-refractivity contribution in [2.24, 2.45) is 0 Å². The first-order chi connectivity index (χ1) is 12.3. The molecule has 25 heavy (non-hydrogen) atoms. The van der Waals surface area contributed by atoms with Crippen LogP contribution in [0.4, 0.5) is 0 Å². The molecule has 1 aromatic heterocycles. The molecule has 1 atom stereocenters. The molecule has 0 saturated carbocycles. The van der Waals surface area contributed by atoms with E-state index in [-0.39, 0.29) is 12.7 Å². The third-order valence-electron chi connectivity index (χ3n) is 4.71. The van der Waals surface area contributed by atoms with E-state index < -0.39 is 0 Å². The molecule has 2 heterocycles. The van der Waals surface area contributed by atoms with Gasteiger partial charge in [0.15, 0.2) is 0 Å². The molecule has 0 bridgehead atoms. The van der Waals surface area contributed by atoms with Crippen LogP contribution < -0.4 is 4.74 Å². The van der Waals surface area contributed by atoms with Crippen LogP contribution in [0.15, 0.2) is 60.7 Å². The Kier molecular flexibility index (Phi) is 4.63. The lowest BCUT2D eigenvalue weighted by atomic mass is 10.1. The van der Waals surface area contributed by atoms with E-state index in [1.807, 2.05) is 36.4 Å². The molecular formula is C21H22N2O2. The number of para-hydroxylation sites is 1. The first kappa shape index (κ1) is 16.1. The van der Waals surface area contributed by atoms with Crippen molar-refractivity contribution >= 4 is 10.9 Å². The van der Waals surface area contributed by atoms with Crippen LogP contribution in [0.3, 0.4) is 0 Å². The second-order valence-electron chi connectivity index (χ2n) is 6.54. The lowest BCUT2D eigenvalue weighted by molar-refractivity contribution is 0.191. The second kappa shape index (κ2) is 7.21. The van der Waals surface area contributed by atoms with Crippen molar-refractivity contribution in [1.82, 2.24) is 9.88 Å². The van der Waals surface area contributed by atoms with Gasteiger partial charge in [-0.05, 0) is 23.6 Å². The Balaban J connectivity index is 1.45. The Labute approximate surface area is 147 Å². The highest BCUT2D eigenvalue weighted by atomic mass is 16.5.